The summed E-state index contributed by atoms with van der Waals surface area (Å²) in [5.74, 6) is 2.48. The van der Waals surface area contributed by atoms with Crippen LogP contribution in [0.2, 0.25) is 0 Å². The number of fused-ring (bicyclic) bond motifs is 1. The molecule has 2 N–H and O–H groups in total. The fourth-order valence-corrected chi connectivity index (χ4v) is 3.50. The lowest BCUT2D eigenvalue weighted by molar-refractivity contribution is 0.174. The first-order chi connectivity index (χ1) is 12.2. The van der Waals surface area contributed by atoms with Crippen molar-refractivity contribution < 1.29 is 9.47 Å². The summed E-state index contributed by atoms with van der Waals surface area (Å²) in [4.78, 5) is 10.3. The molecule has 0 fully saturated rings. The van der Waals surface area contributed by atoms with Gasteiger partial charge in [-0.2, -0.15) is 0 Å². The average molecular weight is 488 g/mol. The summed E-state index contributed by atoms with van der Waals surface area (Å²) in [6.07, 6.45) is 0.889. The fourth-order valence-electron chi connectivity index (χ4n) is 2.63. The van der Waals surface area contributed by atoms with E-state index in [0.29, 0.717) is 13.3 Å². The first-order valence-corrected chi connectivity index (χ1v) is 9.31. The van der Waals surface area contributed by atoms with Crippen LogP contribution in [-0.2, 0) is 13.0 Å². The molecule has 0 unspecified atom stereocenters. The maximum atomic E-state index is 5.42. The number of hydrogen-bond acceptors (Lipinski definition) is 5. The van der Waals surface area contributed by atoms with Crippen LogP contribution in [0, 0.1) is 13.8 Å². The average Bonchev–Trinajstić information content (AvgIpc) is 3.18. The number of aromatic nitrogens is 1. The highest BCUT2D eigenvalue weighted by Crippen LogP contribution is 2.32. The first kappa shape index (κ1) is 20.8. The SMILES string of the molecule is CCNC(=NCc1sc(C)nc1C)NCCc1ccc2c(c1)OCO2.I. The van der Waals surface area contributed by atoms with Gasteiger partial charge in [-0.25, -0.2) is 9.98 Å². The van der Waals surface area contributed by atoms with Crippen LogP contribution in [0.1, 0.15) is 28.1 Å². The van der Waals surface area contributed by atoms with Crippen molar-refractivity contribution in [3.05, 3.63) is 39.3 Å². The van der Waals surface area contributed by atoms with E-state index in [1.807, 2.05) is 26.0 Å². The van der Waals surface area contributed by atoms with Gasteiger partial charge in [0.2, 0.25) is 6.79 Å². The Hall–Kier alpha value is -1.55. The second-order valence-electron chi connectivity index (χ2n) is 5.80. The summed E-state index contributed by atoms with van der Waals surface area (Å²) in [6.45, 7) is 8.72. The van der Waals surface area contributed by atoms with Gasteiger partial charge in [-0.05, 0) is 44.9 Å². The number of aryl methyl sites for hydroxylation is 2. The summed E-state index contributed by atoms with van der Waals surface area (Å²) >= 11 is 1.71. The summed E-state index contributed by atoms with van der Waals surface area (Å²) < 4.78 is 10.8. The third kappa shape index (κ3) is 5.47. The van der Waals surface area contributed by atoms with E-state index >= 15 is 0 Å². The van der Waals surface area contributed by atoms with Gasteiger partial charge in [0.05, 0.1) is 17.2 Å². The number of guanidine groups is 1. The van der Waals surface area contributed by atoms with E-state index in [0.717, 1.165) is 47.7 Å². The molecule has 0 spiro atoms. The zero-order valence-corrected chi connectivity index (χ0v) is 18.4. The van der Waals surface area contributed by atoms with Crippen molar-refractivity contribution in [2.75, 3.05) is 19.9 Å². The van der Waals surface area contributed by atoms with Crippen LogP contribution in [-0.4, -0.2) is 30.8 Å². The van der Waals surface area contributed by atoms with Gasteiger partial charge in [-0.1, -0.05) is 6.07 Å². The topological polar surface area (TPSA) is 67.8 Å². The molecule has 0 bridgehead atoms. The van der Waals surface area contributed by atoms with Crippen LogP contribution in [0.4, 0.5) is 0 Å². The van der Waals surface area contributed by atoms with Crippen molar-refractivity contribution in [3.8, 4) is 11.5 Å². The smallest absolute Gasteiger partial charge is 0.231 e. The number of hydrogen-bond donors (Lipinski definition) is 2. The molecule has 1 aliphatic rings. The van der Waals surface area contributed by atoms with Crippen molar-refractivity contribution in [1.29, 1.82) is 0 Å². The molecule has 2 aromatic rings. The molecule has 6 nitrogen and oxygen atoms in total. The largest absolute Gasteiger partial charge is 0.454 e. The Kier molecular flexibility index (Phi) is 7.95. The third-order valence-corrected chi connectivity index (χ3v) is 4.93. The molecule has 0 atom stereocenters. The van der Waals surface area contributed by atoms with Crippen LogP contribution in [0.25, 0.3) is 0 Å². The molecule has 142 valence electrons. The summed E-state index contributed by atoms with van der Waals surface area (Å²) in [7, 11) is 0. The molecular formula is C18H25IN4O2S. The monoisotopic (exact) mass is 488 g/mol. The Labute approximate surface area is 175 Å². The Bertz CT molecular complexity index is 764. The maximum absolute atomic E-state index is 5.42. The third-order valence-electron chi connectivity index (χ3n) is 3.87. The number of ether oxygens (including phenoxy) is 2. The van der Waals surface area contributed by atoms with Crippen LogP contribution in [0.3, 0.4) is 0 Å². The molecule has 1 aromatic heterocycles. The van der Waals surface area contributed by atoms with Crippen molar-refractivity contribution in [2.45, 2.75) is 33.7 Å². The molecule has 0 amide bonds. The van der Waals surface area contributed by atoms with E-state index in [-0.39, 0.29) is 24.0 Å². The van der Waals surface area contributed by atoms with E-state index in [1.54, 1.807) is 11.3 Å². The Morgan fingerprint density at radius 2 is 2.04 bits per heavy atom. The minimum atomic E-state index is 0. The zero-order chi connectivity index (χ0) is 17.6. The van der Waals surface area contributed by atoms with Crippen LogP contribution in [0.5, 0.6) is 11.5 Å². The van der Waals surface area contributed by atoms with Crippen molar-refractivity contribution in [2.24, 2.45) is 4.99 Å². The fraction of sp³-hybridized carbons (Fsp3) is 0.444. The van der Waals surface area contributed by atoms with E-state index in [4.69, 9.17) is 9.47 Å². The van der Waals surface area contributed by atoms with E-state index in [2.05, 4.69) is 33.6 Å². The molecule has 0 saturated carbocycles. The van der Waals surface area contributed by atoms with Crippen molar-refractivity contribution in [3.63, 3.8) is 0 Å². The lowest BCUT2D eigenvalue weighted by Crippen LogP contribution is -2.38. The standard InChI is InChI=1S/C18H24N4O2S.HI/c1-4-19-18(21-10-17-12(2)22-13(3)25-17)20-8-7-14-5-6-15-16(9-14)24-11-23-15;/h5-6,9H,4,7-8,10-11H2,1-3H3,(H2,19,20,21);1H. The van der Waals surface area contributed by atoms with Crippen LogP contribution in [0.15, 0.2) is 23.2 Å². The van der Waals surface area contributed by atoms with Crippen LogP contribution < -0.4 is 20.1 Å². The molecule has 3 rings (SSSR count). The zero-order valence-electron chi connectivity index (χ0n) is 15.3. The Morgan fingerprint density at radius 3 is 2.77 bits per heavy atom. The minimum absolute atomic E-state index is 0. The number of nitrogens with one attached hydrogen (secondary N) is 2. The predicted octanol–water partition coefficient (Wildman–Crippen LogP) is 3.40. The molecule has 0 aliphatic carbocycles. The van der Waals surface area contributed by atoms with Gasteiger partial charge in [0.25, 0.3) is 0 Å². The number of halogens is 1. The molecule has 2 heterocycles. The van der Waals surface area contributed by atoms with Gasteiger partial charge in [-0.15, -0.1) is 35.3 Å². The highest BCUT2D eigenvalue weighted by molar-refractivity contribution is 14.0. The lowest BCUT2D eigenvalue weighted by atomic mass is 10.1. The van der Waals surface area contributed by atoms with Gasteiger partial charge < -0.3 is 20.1 Å². The molecule has 8 heteroatoms. The Balaban J connectivity index is 0.00000243. The molecule has 1 aliphatic heterocycles. The predicted molar refractivity (Wildman–Crippen MR) is 116 cm³/mol. The highest BCUT2D eigenvalue weighted by atomic mass is 127. The number of rotatable bonds is 6. The first-order valence-electron chi connectivity index (χ1n) is 8.49. The highest BCUT2D eigenvalue weighted by Gasteiger charge is 2.13. The van der Waals surface area contributed by atoms with Gasteiger partial charge in [0.1, 0.15) is 0 Å². The van der Waals surface area contributed by atoms with Crippen molar-refractivity contribution in [1.82, 2.24) is 15.6 Å². The number of aliphatic imine (C=N–C) groups is 1. The lowest BCUT2D eigenvalue weighted by Gasteiger charge is -2.11. The molecule has 0 saturated heterocycles. The molecule has 1 aromatic carbocycles. The second kappa shape index (κ2) is 9.96. The van der Waals surface area contributed by atoms with Gasteiger partial charge in [-0.3, -0.25) is 0 Å². The molecule has 0 radical (unpaired) electrons. The van der Waals surface area contributed by atoms with E-state index in [9.17, 15) is 0 Å². The minimum Gasteiger partial charge on any atom is -0.454 e. The van der Waals surface area contributed by atoms with Crippen LogP contribution >= 0.6 is 35.3 Å². The van der Waals surface area contributed by atoms with Gasteiger partial charge in [0.15, 0.2) is 17.5 Å². The molecular weight excluding hydrogens is 463 g/mol. The Morgan fingerprint density at radius 1 is 1.23 bits per heavy atom. The molecule has 26 heavy (non-hydrogen) atoms. The van der Waals surface area contributed by atoms with E-state index < -0.39 is 0 Å². The normalized spacial score (nSPS) is 12.7. The second-order valence-corrected chi connectivity index (χ2v) is 7.09. The number of nitrogens with zero attached hydrogens (tertiary/aromatic N) is 2. The number of thiazole rings is 1. The van der Waals surface area contributed by atoms with Gasteiger partial charge in [0, 0.05) is 18.0 Å². The number of benzene rings is 1. The summed E-state index contributed by atoms with van der Waals surface area (Å²) in [5.41, 5.74) is 2.28. The van der Waals surface area contributed by atoms with E-state index in [1.165, 1.54) is 10.4 Å². The van der Waals surface area contributed by atoms with Gasteiger partial charge >= 0.3 is 0 Å². The maximum Gasteiger partial charge on any atom is 0.231 e. The summed E-state index contributed by atoms with van der Waals surface area (Å²) in [6, 6.07) is 6.08. The quantitative estimate of drug-likeness (QED) is 0.371. The van der Waals surface area contributed by atoms with Crippen molar-refractivity contribution >= 4 is 41.3 Å². The summed E-state index contributed by atoms with van der Waals surface area (Å²) in [5, 5.41) is 7.76.